The number of hydrogen-bond acceptors (Lipinski definition) is 4. The average Bonchev–Trinajstić information content (AvgIpc) is 3.17. The molecule has 3 amide bonds. The molecule has 4 bridgehead atoms. The Kier molecular flexibility index (Phi) is 4.47. The predicted molar refractivity (Wildman–Crippen MR) is 112 cm³/mol. The van der Waals surface area contributed by atoms with Gasteiger partial charge in [-0.1, -0.05) is 0 Å². The molecular weight excluding hydrogens is 398 g/mol. The monoisotopic (exact) mass is 434 g/mol. The molecule has 0 radical (unpaired) electrons. The Labute approximate surface area is 183 Å². The van der Waals surface area contributed by atoms with Gasteiger partial charge in [-0.25, -0.2) is 9.28 Å². The summed E-state index contributed by atoms with van der Waals surface area (Å²) < 4.78 is 5.67. The fourth-order valence-electron chi connectivity index (χ4n) is 8.39. The van der Waals surface area contributed by atoms with Gasteiger partial charge in [0.15, 0.2) is 0 Å². The minimum absolute atomic E-state index is 0.0209. The third-order valence-corrected chi connectivity index (χ3v) is 9.08. The summed E-state index contributed by atoms with van der Waals surface area (Å²) in [7, 11) is 0. The fourth-order valence-corrected chi connectivity index (χ4v) is 8.39. The molecule has 8 heteroatoms. The quantitative estimate of drug-likeness (QED) is 0.650. The van der Waals surface area contributed by atoms with Crippen molar-refractivity contribution in [3.05, 3.63) is 0 Å². The maximum atomic E-state index is 12.8. The van der Waals surface area contributed by atoms with E-state index in [1.165, 1.54) is 0 Å². The van der Waals surface area contributed by atoms with Crippen LogP contribution in [0.25, 0.3) is 0 Å². The average molecular weight is 435 g/mol. The maximum absolute atomic E-state index is 12.8. The number of carboxylic acid groups (broad SMARTS) is 1. The second-order valence-corrected chi connectivity index (χ2v) is 12.1. The van der Waals surface area contributed by atoms with Crippen LogP contribution < -0.4 is 5.73 Å². The smallest absolute Gasteiger partial charge is 0.444 e. The third-order valence-electron chi connectivity index (χ3n) is 9.08. The Morgan fingerprint density at radius 3 is 2.26 bits per heavy atom. The standard InChI is InChI=1S/C23H35N3O5/c1-22(2,3)31-20(28)25-5-4-14-11-26(21(29)30,12-17(14)25)18-15-6-13-7-16(18)10-23(8-13,9-15)19(24)27/h13-18H,4-12H2,1-3H3,(H2-,24,27,29,30)/p+1/t13?,14?,15-,16?,17?,18?,23?,26?/m1/s1. The van der Waals surface area contributed by atoms with Crippen molar-refractivity contribution in [2.45, 2.75) is 77.0 Å². The lowest BCUT2D eigenvalue weighted by molar-refractivity contribution is -0.885. The summed E-state index contributed by atoms with van der Waals surface area (Å²) in [6.07, 6.45) is 4.09. The summed E-state index contributed by atoms with van der Waals surface area (Å²) in [6.45, 7) is 7.22. The third kappa shape index (κ3) is 3.08. The van der Waals surface area contributed by atoms with Crippen molar-refractivity contribution in [1.29, 1.82) is 0 Å². The first-order chi connectivity index (χ1) is 14.4. The molecule has 8 nitrogen and oxygen atoms in total. The highest BCUT2D eigenvalue weighted by atomic mass is 16.6. The summed E-state index contributed by atoms with van der Waals surface area (Å²) in [6, 6.07) is -0.0687. The summed E-state index contributed by atoms with van der Waals surface area (Å²) in [5.41, 5.74) is 4.85. The maximum Gasteiger partial charge on any atom is 0.513 e. The summed E-state index contributed by atoms with van der Waals surface area (Å²) in [5, 5.41) is 10.5. The number of fused-ring (bicyclic) bond motifs is 1. The molecule has 6 rings (SSSR count). The summed E-state index contributed by atoms with van der Waals surface area (Å²) >= 11 is 0. The molecule has 0 aromatic heterocycles. The van der Waals surface area contributed by atoms with Crippen LogP contribution in [-0.4, -0.2) is 69.9 Å². The fraction of sp³-hybridized carbons (Fsp3) is 0.870. The van der Waals surface area contributed by atoms with Crippen molar-refractivity contribution in [3.8, 4) is 0 Å². The van der Waals surface area contributed by atoms with Crippen molar-refractivity contribution in [2.24, 2.45) is 34.8 Å². The first-order valence-corrected chi connectivity index (χ1v) is 11.8. The van der Waals surface area contributed by atoms with Crippen LogP contribution in [0.15, 0.2) is 0 Å². The number of hydrogen-bond donors (Lipinski definition) is 2. The zero-order valence-corrected chi connectivity index (χ0v) is 18.9. The molecule has 4 aliphatic carbocycles. The molecular formula is C23H36N3O5+. The lowest BCUT2D eigenvalue weighted by atomic mass is 9.47. The second-order valence-electron chi connectivity index (χ2n) is 12.1. The first-order valence-electron chi connectivity index (χ1n) is 11.8. The molecule has 6 fully saturated rings. The molecule has 6 aliphatic rings. The van der Waals surface area contributed by atoms with E-state index in [0.29, 0.717) is 25.6 Å². The van der Waals surface area contributed by atoms with Crippen molar-refractivity contribution >= 4 is 18.1 Å². The normalized spacial score (nSPS) is 45.6. The van der Waals surface area contributed by atoms with E-state index >= 15 is 0 Å². The van der Waals surface area contributed by atoms with Gasteiger partial charge in [0.2, 0.25) is 5.91 Å². The SMILES string of the molecule is CC(C)(C)OC(=O)N1CCC2C[N+](C(=O)O)(C3C4CC5C[C@@H]3CC(C(N)=O)(C5)C4)CC21. The number of nitrogens with zero attached hydrogens (tertiary/aromatic N) is 2. The van der Waals surface area contributed by atoms with Crippen LogP contribution in [-0.2, 0) is 9.53 Å². The van der Waals surface area contributed by atoms with Gasteiger partial charge in [-0.3, -0.25) is 9.69 Å². The van der Waals surface area contributed by atoms with E-state index in [-0.39, 0.29) is 46.3 Å². The number of carbonyl (C=O) groups is 3. The predicted octanol–water partition coefficient (Wildman–Crippen LogP) is 2.80. The van der Waals surface area contributed by atoms with E-state index in [1.54, 1.807) is 4.90 Å². The number of carbonyl (C=O) groups excluding carboxylic acids is 2. The topological polar surface area (TPSA) is 110 Å². The van der Waals surface area contributed by atoms with Gasteiger partial charge in [0.25, 0.3) is 0 Å². The highest BCUT2D eigenvalue weighted by molar-refractivity contribution is 5.81. The Balaban J connectivity index is 1.42. The van der Waals surface area contributed by atoms with Crippen LogP contribution in [0.1, 0.15) is 59.3 Å². The highest BCUT2D eigenvalue weighted by Gasteiger charge is 2.68. The zero-order valence-electron chi connectivity index (χ0n) is 18.9. The summed E-state index contributed by atoms with van der Waals surface area (Å²) in [5.74, 6) is 0.940. The van der Waals surface area contributed by atoms with Gasteiger partial charge in [-0.05, 0) is 65.2 Å². The second kappa shape index (κ2) is 6.59. The number of likely N-dealkylation sites (tertiary alicyclic amines) is 2. The Bertz CT molecular complexity index is 807. The van der Waals surface area contributed by atoms with Crippen molar-refractivity contribution in [2.75, 3.05) is 19.6 Å². The van der Waals surface area contributed by atoms with Gasteiger partial charge in [0, 0.05) is 24.3 Å². The molecule has 8 atom stereocenters. The molecule has 2 heterocycles. The molecule has 0 spiro atoms. The van der Waals surface area contributed by atoms with Gasteiger partial charge in [0.05, 0.1) is 18.0 Å². The van der Waals surface area contributed by atoms with E-state index in [1.807, 2.05) is 20.8 Å². The van der Waals surface area contributed by atoms with E-state index in [9.17, 15) is 19.5 Å². The zero-order chi connectivity index (χ0) is 22.3. The molecule has 2 saturated heterocycles. The number of nitrogens with two attached hydrogens (primary N) is 1. The van der Waals surface area contributed by atoms with Crippen LogP contribution in [0.4, 0.5) is 9.59 Å². The number of ether oxygens (including phenoxy) is 1. The van der Waals surface area contributed by atoms with Crippen molar-refractivity contribution < 1.29 is 28.7 Å². The molecule has 7 unspecified atom stereocenters. The first kappa shape index (κ1) is 21.0. The van der Waals surface area contributed by atoms with Crippen LogP contribution in [0.3, 0.4) is 0 Å². The molecule has 3 N–H and O–H groups in total. The van der Waals surface area contributed by atoms with Gasteiger partial charge in [-0.15, -0.1) is 0 Å². The van der Waals surface area contributed by atoms with Crippen LogP contribution in [0.2, 0.25) is 0 Å². The van der Waals surface area contributed by atoms with Crippen LogP contribution >= 0.6 is 0 Å². The molecule has 4 saturated carbocycles. The lowest BCUT2D eigenvalue weighted by Crippen LogP contribution is -2.70. The Morgan fingerprint density at radius 2 is 1.71 bits per heavy atom. The van der Waals surface area contributed by atoms with E-state index < -0.39 is 17.1 Å². The number of rotatable bonds is 2. The lowest BCUT2D eigenvalue weighted by Gasteiger charge is -2.61. The largest absolute Gasteiger partial charge is 0.513 e. The Morgan fingerprint density at radius 1 is 1.06 bits per heavy atom. The van der Waals surface area contributed by atoms with Gasteiger partial charge in [-0.2, -0.15) is 4.79 Å². The molecule has 31 heavy (non-hydrogen) atoms. The van der Waals surface area contributed by atoms with Gasteiger partial charge < -0.3 is 15.6 Å². The van der Waals surface area contributed by atoms with Gasteiger partial charge in [0.1, 0.15) is 18.2 Å². The van der Waals surface area contributed by atoms with E-state index in [0.717, 1.165) is 38.5 Å². The van der Waals surface area contributed by atoms with E-state index in [4.69, 9.17) is 10.5 Å². The Hall–Kier alpha value is -1.83. The molecule has 172 valence electrons. The van der Waals surface area contributed by atoms with Crippen molar-refractivity contribution in [1.82, 2.24) is 4.90 Å². The molecule has 2 aliphatic heterocycles. The molecule has 0 aromatic rings. The number of primary amides is 1. The van der Waals surface area contributed by atoms with Crippen molar-refractivity contribution in [3.63, 3.8) is 0 Å². The van der Waals surface area contributed by atoms with Crippen LogP contribution in [0, 0.1) is 29.1 Å². The highest BCUT2D eigenvalue weighted by Crippen LogP contribution is 2.62. The number of amides is 3. The minimum atomic E-state index is -0.774. The summed E-state index contributed by atoms with van der Waals surface area (Å²) in [4.78, 5) is 39.8. The van der Waals surface area contributed by atoms with Gasteiger partial charge >= 0.3 is 12.2 Å². The number of quaternary nitrogens is 1. The van der Waals surface area contributed by atoms with E-state index in [2.05, 4.69) is 0 Å². The molecule has 0 aromatic carbocycles. The minimum Gasteiger partial charge on any atom is -0.444 e. The van der Waals surface area contributed by atoms with Crippen LogP contribution in [0.5, 0.6) is 0 Å².